The molecule has 0 heterocycles. The maximum atomic E-state index is 6.20. The second-order valence-electron chi connectivity index (χ2n) is 4.97. The standard InChI is InChI=1S/C13H25N/c1-11(2)10-13(14)12-8-6-4-3-5-7-9-12/h8,11,13H,3-7,9-10,14H2,1-2H3. The number of hydrogen-bond donors (Lipinski definition) is 1. The van der Waals surface area contributed by atoms with Gasteiger partial charge in [-0.15, -0.1) is 0 Å². The van der Waals surface area contributed by atoms with E-state index in [4.69, 9.17) is 5.73 Å². The molecule has 0 aromatic heterocycles. The fraction of sp³-hybridized carbons (Fsp3) is 0.846. The van der Waals surface area contributed by atoms with Crippen LogP contribution in [0.3, 0.4) is 0 Å². The highest BCUT2D eigenvalue weighted by molar-refractivity contribution is 5.10. The lowest BCUT2D eigenvalue weighted by molar-refractivity contribution is 0.509. The zero-order valence-corrected chi connectivity index (χ0v) is 9.76. The predicted octanol–water partition coefficient (Wildman–Crippen LogP) is 3.64. The number of nitrogens with two attached hydrogens (primary N) is 1. The summed E-state index contributed by atoms with van der Waals surface area (Å²) in [6.45, 7) is 4.51. The molecule has 0 aliphatic heterocycles. The molecule has 1 heteroatoms. The van der Waals surface area contributed by atoms with Gasteiger partial charge in [0, 0.05) is 6.04 Å². The van der Waals surface area contributed by atoms with Gasteiger partial charge in [-0.1, -0.05) is 38.3 Å². The summed E-state index contributed by atoms with van der Waals surface area (Å²) in [5.74, 6) is 0.719. The first-order valence-corrected chi connectivity index (χ1v) is 6.14. The Balaban J connectivity index is 2.45. The molecular formula is C13H25N. The zero-order chi connectivity index (χ0) is 10.4. The third kappa shape index (κ3) is 4.28. The zero-order valence-electron chi connectivity index (χ0n) is 9.76. The molecule has 0 saturated carbocycles. The van der Waals surface area contributed by atoms with Crippen molar-refractivity contribution in [3.63, 3.8) is 0 Å². The molecule has 0 fully saturated rings. The van der Waals surface area contributed by atoms with Crippen LogP contribution >= 0.6 is 0 Å². The van der Waals surface area contributed by atoms with Crippen LogP contribution in [0.2, 0.25) is 0 Å². The summed E-state index contributed by atoms with van der Waals surface area (Å²) in [5.41, 5.74) is 7.73. The molecule has 0 spiro atoms. The summed E-state index contributed by atoms with van der Waals surface area (Å²) in [6.07, 6.45) is 11.6. The highest BCUT2D eigenvalue weighted by Gasteiger charge is 2.11. The average molecular weight is 195 g/mol. The quantitative estimate of drug-likeness (QED) is 0.684. The lowest BCUT2D eigenvalue weighted by Gasteiger charge is -2.19. The maximum Gasteiger partial charge on any atom is 0.0256 e. The topological polar surface area (TPSA) is 26.0 Å². The summed E-state index contributed by atoms with van der Waals surface area (Å²) in [5, 5.41) is 0. The van der Waals surface area contributed by atoms with Crippen molar-refractivity contribution < 1.29 is 0 Å². The molecule has 0 radical (unpaired) electrons. The molecule has 1 unspecified atom stereocenters. The van der Waals surface area contributed by atoms with Gasteiger partial charge in [0.25, 0.3) is 0 Å². The van der Waals surface area contributed by atoms with Gasteiger partial charge in [0.05, 0.1) is 0 Å². The summed E-state index contributed by atoms with van der Waals surface area (Å²) < 4.78 is 0. The van der Waals surface area contributed by atoms with Gasteiger partial charge in [0.1, 0.15) is 0 Å². The molecule has 0 amide bonds. The Labute approximate surface area is 88.8 Å². The molecule has 0 aromatic rings. The van der Waals surface area contributed by atoms with E-state index in [-0.39, 0.29) is 0 Å². The highest BCUT2D eigenvalue weighted by atomic mass is 14.6. The number of rotatable bonds is 3. The first-order chi connectivity index (χ1) is 6.70. The van der Waals surface area contributed by atoms with Crippen molar-refractivity contribution in [3.8, 4) is 0 Å². The van der Waals surface area contributed by atoms with Gasteiger partial charge < -0.3 is 5.73 Å². The Morgan fingerprint density at radius 2 is 1.93 bits per heavy atom. The number of allylic oxidation sites excluding steroid dienone is 1. The Kier molecular flexibility index (Phi) is 5.24. The molecule has 2 N–H and O–H groups in total. The van der Waals surface area contributed by atoms with Crippen LogP contribution < -0.4 is 5.73 Å². The maximum absolute atomic E-state index is 6.20. The highest BCUT2D eigenvalue weighted by Crippen LogP contribution is 2.21. The van der Waals surface area contributed by atoms with E-state index in [0.717, 1.165) is 12.3 Å². The van der Waals surface area contributed by atoms with Crippen molar-refractivity contribution in [1.82, 2.24) is 0 Å². The van der Waals surface area contributed by atoms with Gasteiger partial charge >= 0.3 is 0 Å². The van der Waals surface area contributed by atoms with Crippen LogP contribution in [0, 0.1) is 5.92 Å². The molecule has 14 heavy (non-hydrogen) atoms. The predicted molar refractivity (Wildman–Crippen MR) is 63.2 cm³/mol. The average Bonchev–Trinajstić information content (AvgIpc) is 2.00. The van der Waals surface area contributed by atoms with E-state index >= 15 is 0 Å². The largest absolute Gasteiger partial charge is 0.324 e. The first kappa shape index (κ1) is 11.8. The molecule has 0 aromatic carbocycles. The van der Waals surface area contributed by atoms with Crippen LogP contribution in [0.25, 0.3) is 0 Å². The molecule has 1 aliphatic carbocycles. The third-order valence-corrected chi connectivity index (χ3v) is 3.03. The molecule has 1 aliphatic rings. The van der Waals surface area contributed by atoms with Crippen molar-refractivity contribution in [2.24, 2.45) is 11.7 Å². The normalized spacial score (nSPS) is 21.3. The monoisotopic (exact) mass is 195 g/mol. The van der Waals surface area contributed by atoms with Gasteiger partial charge in [0.15, 0.2) is 0 Å². The van der Waals surface area contributed by atoms with E-state index in [2.05, 4.69) is 19.9 Å². The minimum atomic E-state index is 0.327. The van der Waals surface area contributed by atoms with E-state index in [9.17, 15) is 0 Å². The first-order valence-electron chi connectivity index (χ1n) is 6.14. The smallest absolute Gasteiger partial charge is 0.0256 e. The Morgan fingerprint density at radius 3 is 2.64 bits per heavy atom. The molecular weight excluding hydrogens is 170 g/mol. The van der Waals surface area contributed by atoms with Crippen LogP contribution in [-0.4, -0.2) is 6.04 Å². The van der Waals surface area contributed by atoms with E-state index in [1.165, 1.54) is 44.1 Å². The van der Waals surface area contributed by atoms with Gasteiger partial charge in [-0.2, -0.15) is 0 Å². The fourth-order valence-electron chi connectivity index (χ4n) is 2.21. The molecule has 82 valence electrons. The van der Waals surface area contributed by atoms with Crippen LogP contribution in [0.1, 0.15) is 58.8 Å². The van der Waals surface area contributed by atoms with Gasteiger partial charge in [0.2, 0.25) is 0 Å². The van der Waals surface area contributed by atoms with E-state index in [1.807, 2.05) is 0 Å². The number of hydrogen-bond acceptors (Lipinski definition) is 1. The Morgan fingerprint density at radius 1 is 1.21 bits per heavy atom. The second kappa shape index (κ2) is 6.23. The lowest BCUT2D eigenvalue weighted by atomic mass is 9.91. The Hall–Kier alpha value is -0.300. The van der Waals surface area contributed by atoms with Gasteiger partial charge in [-0.25, -0.2) is 0 Å². The van der Waals surface area contributed by atoms with Crippen molar-refractivity contribution >= 4 is 0 Å². The SMILES string of the molecule is CC(C)CC(N)C1=CCCCCCC1. The van der Waals surface area contributed by atoms with Crippen molar-refractivity contribution in [2.45, 2.75) is 64.8 Å². The van der Waals surface area contributed by atoms with Crippen molar-refractivity contribution in [1.29, 1.82) is 0 Å². The van der Waals surface area contributed by atoms with Crippen LogP contribution in [0.4, 0.5) is 0 Å². The van der Waals surface area contributed by atoms with Crippen LogP contribution in [-0.2, 0) is 0 Å². The second-order valence-corrected chi connectivity index (χ2v) is 4.97. The minimum Gasteiger partial charge on any atom is -0.324 e. The van der Waals surface area contributed by atoms with E-state index in [0.29, 0.717) is 6.04 Å². The minimum absolute atomic E-state index is 0.327. The van der Waals surface area contributed by atoms with Gasteiger partial charge in [-0.05, 0) is 38.0 Å². The van der Waals surface area contributed by atoms with E-state index < -0.39 is 0 Å². The molecule has 0 saturated heterocycles. The summed E-state index contributed by atoms with van der Waals surface area (Å²) in [6, 6.07) is 0.327. The Bertz CT molecular complexity index is 182. The molecule has 1 atom stereocenters. The van der Waals surface area contributed by atoms with Crippen molar-refractivity contribution in [2.75, 3.05) is 0 Å². The molecule has 1 rings (SSSR count). The summed E-state index contributed by atoms with van der Waals surface area (Å²) in [7, 11) is 0. The van der Waals surface area contributed by atoms with E-state index in [1.54, 1.807) is 0 Å². The van der Waals surface area contributed by atoms with Gasteiger partial charge in [-0.3, -0.25) is 0 Å². The van der Waals surface area contributed by atoms with Crippen LogP contribution in [0.15, 0.2) is 11.6 Å². The lowest BCUT2D eigenvalue weighted by Crippen LogP contribution is -2.25. The molecule has 0 bridgehead atoms. The van der Waals surface area contributed by atoms with Crippen LogP contribution in [0.5, 0.6) is 0 Å². The molecule has 1 nitrogen and oxygen atoms in total. The fourth-order valence-corrected chi connectivity index (χ4v) is 2.21. The van der Waals surface area contributed by atoms with Crippen molar-refractivity contribution in [3.05, 3.63) is 11.6 Å². The summed E-state index contributed by atoms with van der Waals surface area (Å²) in [4.78, 5) is 0. The third-order valence-electron chi connectivity index (χ3n) is 3.03. The summed E-state index contributed by atoms with van der Waals surface area (Å²) >= 11 is 0.